The molecular formula is C17H17NO3. The van der Waals surface area contributed by atoms with Crippen LogP contribution in [0.1, 0.15) is 47.3 Å². The van der Waals surface area contributed by atoms with E-state index in [1.54, 1.807) is 0 Å². The van der Waals surface area contributed by atoms with Gasteiger partial charge in [0.2, 0.25) is 5.78 Å². The molecule has 0 aromatic heterocycles. The van der Waals surface area contributed by atoms with Crippen LogP contribution in [0.4, 0.5) is 0 Å². The van der Waals surface area contributed by atoms with E-state index in [-0.39, 0.29) is 5.78 Å². The molecule has 4 nitrogen and oxygen atoms in total. The fourth-order valence-electron chi connectivity index (χ4n) is 2.98. The first-order chi connectivity index (χ1) is 10.1. The topological polar surface area (TPSA) is 55.7 Å². The normalized spacial score (nSPS) is 21.9. The van der Waals surface area contributed by atoms with E-state index in [2.05, 4.69) is 29.1 Å². The first-order valence-corrected chi connectivity index (χ1v) is 7.18. The molecule has 1 unspecified atom stereocenters. The van der Waals surface area contributed by atoms with Gasteiger partial charge in [-0.3, -0.25) is 4.79 Å². The molecule has 0 bridgehead atoms. The number of ketones is 1. The quantitative estimate of drug-likeness (QED) is 0.588. The van der Waals surface area contributed by atoms with Crippen LogP contribution in [0, 0.1) is 5.92 Å². The number of hydrogen-bond acceptors (Lipinski definition) is 4. The van der Waals surface area contributed by atoms with Crippen LogP contribution in [-0.2, 0) is 22.5 Å². The number of carbonyl (C=O) groups excluding carboxylic acids is 2. The maximum atomic E-state index is 12.4. The maximum absolute atomic E-state index is 12.4. The van der Waals surface area contributed by atoms with Crippen molar-refractivity contribution in [1.29, 1.82) is 0 Å². The summed E-state index contributed by atoms with van der Waals surface area (Å²) in [4.78, 5) is 27.9. The van der Waals surface area contributed by atoms with Crippen molar-refractivity contribution in [2.75, 3.05) is 0 Å². The highest BCUT2D eigenvalue weighted by Gasteiger charge is 2.27. The van der Waals surface area contributed by atoms with Crippen molar-refractivity contribution in [3.8, 4) is 0 Å². The molecule has 108 valence electrons. The zero-order valence-electron chi connectivity index (χ0n) is 12.2. The summed E-state index contributed by atoms with van der Waals surface area (Å²) in [5.41, 5.74) is 4.60. The van der Waals surface area contributed by atoms with Gasteiger partial charge in [0.25, 0.3) is 0 Å². The number of carbonyl (C=O) groups is 2. The monoisotopic (exact) mass is 283 g/mol. The van der Waals surface area contributed by atoms with Crippen LogP contribution in [0.2, 0.25) is 0 Å². The molecule has 0 fully saturated rings. The largest absolute Gasteiger partial charge is 0.331 e. The molecule has 0 amide bonds. The van der Waals surface area contributed by atoms with E-state index in [1.165, 1.54) is 18.1 Å². The van der Waals surface area contributed by atoms with E-state index < -0.39 is 5.97 Å². The molecule has 4 heteroatoms. The van der Waals surface area contributed by atoms with Crippen molar-refractivity contribution in [3.05, 3.63) is 40.5 Å². The minimum Gasteiger partial charge on any atom is -0.318 e. The Morgan fingerprint density at radius 1 is 1.33 bits per heavy atom. The molecule has 0 saturated heterocycles. The van der Waals surface area contributed by atoms with Crippen LogP contribution in [0.25, 0.3) is 6.08 Å². The van der Waals surface area contributed by atoms with Crippen molar-refractivity contribution in [2.45, 2.75) is 33.1 Å². The zero-order chi connectivity index (χ0) is 15.0. The van der Waals surface area contributed by atoms with Gasteiger partial charge >= 0.3 is 5.97 Å². The van der Waals surface area contributed by atoms with E-state index in [1.807, 2.05) is 12.1 Å². The third-order valence-electron chi connectivity index (χ3n) is 3.98. The molecule has 0 spiro atoms. The summed E-state index contributed by atoms with van der Waals surface area (Å²) in [6.07, 6.45) is 6.60. The average Bonchev–Trinajstić information content (AvgIpc) is 2.45. The van der Waals surface area contributed by atoms with Gasteiger partial charge in [-0.05, 0) is 35.4 Å². The van der Waals surface area contributed by atoms with Crippen LogP contribution in [0.15, 0.2) is 23.4 Å². The molecule has 0 heterocycles. The molecule has 0 N–H and O–H groups in total. The predicted octanol–water partition coefficient (Wildman–Crippen LogP) is 2.94. The Morgan fingerprint density at radius 2 is 2.14 bits per heavy atom. The first kappa shape index (κ1) is 13.7. The lowest BCUT2D eigenvalue weighted by molar-refractivity contribution is -0.140. The predicted molar refractivity (Wildman–Crippen MR) is 80.2 cm³/mol. The standard InChI is InChI=1S/C17H17NO3/c1-10-3-5-13-12(9-10)4-6-15-14(13)7-8-16(17(15)20)18-21-11(2)19/h3-6,10H,7-9H2,1-2H3/b18-16+. The highest BCUT2D eigenvalue weighted by atomic mass is 16.7. The van der Waals surface area contributed by atoms with Crippen LogP contribution in [0.3, 0.4) is 0 Å². The molecule has 2 aliphatic carbocycles. The average molecular weight is 283 g/mol. The number of nitrogens with zero attached hydrogens (tertiary/aromatic N) is 1. The number of benzene rings is 1. The molecule has 0 saturated carbocycles. The van der Waals surface area contributed by atoms with Crippen LogP contribution >= 0.6 is 0 Å². The SMILES string of the molecule is CC(=O)O/N=C1\CCc2c(ccc3c2C=CC(C)C3)C1=O. The van der Waals surface area contributed by atoms with Gasteiger partial charge in [0.05, 0.1) is 0 Å². The van der Waals surface area contributed by atoms with Gasteiger partial charge in [0.1, 0.15) is 5.71 Å². The van der Waals surface area contributed by atoms with Crippen LogP contribution in [0.5, 0.6) is 0 Å². The molecule has 0 radical (unpaired) electrons. The summed E-state index contributed by atoms with van der Waals surface area (Å²) in [6.45, 7) is 3.46. The fourth-order valence-corrected chi connectivity index (χ4v) is 2.98. The summed E-state index contributed by atoms with van der Waals surface area (Å²) < 4.78 is 0. The molecule has 3 rings (SSSR count). The molecule has 1 atom stereocenters. The summed E-state index contributed by atoms with van der Waals surface area (Å²) in [6, 6.07) is 3.91. The Morgan fingerprint density at radius 3 is 2.90 bits per heavy atom. The zero-order valence-corrected chi connectivity index (χ0v) is 12.2. The molecule has 1 aromatic rings. The Hall–Kier alpha value is -2.23. The minimum absolute atomic E-state index is 0.132. The minimum atomic E-state index is -0.511. The van der Waals surface area contributed by atoms with Gasteiger partial charge in [0.15, 0.2) is 0 Å². The number of fused-ring (bicyclic) bond motifs is 3. The Labute approximate surface area is 123 Å². The molecule has 1 aromatic carbocycles. The summed E-state index contributed by atoms with van der Waals surface area (Å²) in [5.74, 6) is -0.105. The third-order valence-corrected chi connectivity index (χ3v) is 3.98. The Kier molecular flexibility index (Phi) is 3.45. The van der Waals surface area contributed by atoms with Crippen molar-refractivity contribution in [1.82, 2.24) is 0 Å². The number of rotatable bonds is 1. The second-order valence-corrected chi connectivity index (χ2v) is 5.65. The van der Waals surface area contributed by atoms with Crippen molar-refractivity contribution >= 4 is 23.5 Å². The van der Waals surface area contributed by atoms with Gasteiger partial charge in [-0.2, -0.15) is 0 Å². The Balaban J connectivity index is 1.99. The van der Waals surface area contributed by atoms with Crippen molar-refractivity contribution < 1.29 is 14.4 Å². The first-order valence-electron chi connectivity index (χ1n) is 7.18. The number of allylic oxidation sites excluding steroid dienone is 1. The van der Waals surface area contributed by atoms with Crippen LogP contribution < -0.4 is 0 Å². The van der Waals surface area contributed by atoms with E-state index in [4.69, 9.17) is 0 Å². The van der Waals surface area contributed by atoms with E-state index in [9.17, 15) is 9.59 Å². The van der Waals surface area contributed by atoms with Gasteiger partial charge in [-0.15, -0.1) is 0 Å². The highest BCUT2D eigenvalue weighted by molar-refractivity contribution is 6.47. The summed E-state index contributed by atoms with van der Waals surface area (Å²) in [7, 11) is 0. The van der Waals surface area contributed by atoms with E-state index >= 15 is 0 Å². The van der Waals surface area contributed by atoms with Crippen LogP contribution in [-0.4, -0.2) is 17.5 Å². The van der Waals surface area contributed by atoms with Gasteiger partial charge in [0, 0.05) is 18.9 Å². The highest BCUT2D eigenvalue weighted by Crippen LogP contribution is 2.31. The van der Waals surface area contributed by atoms with Crippen molar-refractivity contribution in [3.63, 3.8) is 0 Å². The van der Waals surface area contributed by atoms with Gasteiger partial charge < -0.3 is 4.84 Å². The van der Waals surface area contributed by atoms with E-state index in [0.29, 0.717) is 23.6 Å². The molecule has 0 aliphatic heterocycles. The molecule has 2 aliphatic rings. The fraction of sp³-hybridized carbons (Fsp3) is 0.353. The number of oxime groups is 1. The van der Waals surface area contributed by atoms with Gasteiger partial charge in [-0.1, -0.05) is 36.4 Å². The molecular weight excluding hydrogens is 266 g/mol. The van der Waals surface area contributed by atoms with Gasteiger partial charge in [-0.25, -0.2) is 4.79 Å². The maximum Gasteiger partial charge on any atom is 0.331 e. The second-order valence-electron chi connectivity index (χ2n) is 5.65. The summed E-state index contributed by atoms with van der Waals surface area (Å²) >= 11 is 0. The third kappa shape index (κ3) is 2.53. The van der Waals surface area contributed by atoms with Crippen molar-refractivity contribution in [2.24, 2.45) is 11.1 Å². The Bertz CT molecular complexity index is 686. The second kappa shape index (κ2) is 5.28. The lowest BCUT2D eigenvalue weighted by atomic mass is 9.80. The molecule has 21 heavy (non-hydrogen) atoms. The lowest BCUT2D eigenvalue weighted by Crippen LogP contribution is -2.25. The summed E-state index contributed by atoms with van der Waals surface area (Å²) in [5, 5.41) is 3.69. The number of Topliss-reactive ketones (excluding diaryl/α,β-unsaturated/α-hetero) is 1. The lowest BCUT2D eigenvalue weighted by Gasteiger charge is -2.24. The number of hydrogen-bond donors (Lipinski definition) is 0. The van der Waals surface area contributed by atoms with E-state index in [0.717, 1.165) is 18.4 Å². The smallest absolute Gasteiger partial charge is 0.318 e.